The normalized spacial score (nSPS) is 21.8. The van der Waals surface area contributed by atoms with Crippen LogP contribution in [0.1, 0.15) is 18.4 Å². The van der Waals surface area contributed by atoms with Gasteiger partial charge in [0.15, 0.2) is 0 Å². The van der Waals surface area contributed by atoms with Crippen LogP contribution in [0.15, 0.2) is 24.3 Å². The number of carbonyl (C=O) groups is 3. The molecule has 4 rings (SSSR count). The molecule has 1 N–H and O–H groups in total. The van der Waals surface area contributed by atoms with Crippen molar-refractivity contribution in [3.8, 4) is 0 Å². The summed E-state index contributed by atoms with van der Waals surface area (Å²) in [5.74, 6) is -0.806. The Kier molecular flexibility index (Phi) is 5.62. The van der Waals surface area contributed by atoms with E-state index in [1.54, 1.807) is 36.0 Å². The van der Waals surface area contributed by atoms with Gasteiger partial charge in [-0.15, -0.1) is 0 Å². The molecule has 3 aliphatic rings. The van der Waals surface area contributed by atoms with Crippen LogP contribution in [-0.2, 0) is 16.1 Å². The fourth-order valence-electron chi connectivity index (χ4n) is 3.64. The number of hydrogen-bond donors (Lipinski definition) is 1. The molecule has 1 aromatic rings. The average Bonchev–Trinajstić information content (AvgIpc) is 2.92. The van der Waals surface area contributed by atoms with Gasteiger partial charge in [-0.3, -0.25) is 9.59 Å². The zero-order valence-electron chi connectivity index (χ0n) is 15.7. The number of amides is 4. The molecule has 4 amide bonds. The summed E-state index contributed by atoms with van der Waals surface area (Å²) in [5, 5.41) is 2.80. The number of likely N-dealkylation sites (N-methyl/N-ethyl adjacent to an activating group) is 1. The third kappa shape index (κ3) is 4.37. The third-order valence-electron chi connectivity index (χ3n) is 5.22. The van der Waals surface area contributed by atoms with Crippen molar-refractivity contribution in [3.63, 3.8) is 0 Å². The highest BCUT2D eigenvalue weighted by Crippen LogP contribution is 2.29. The van der Waals surface area contributed by atoms with Crippen molar-refractivity contribution in [2.24, 2.45) is 5.92 Å². The molecule has 3 saturated heterocycles. The molecule has 0 aromatic heterocycles. The first-order valence-corrected chi connectivity index (χ1v) is 9.13. The summed E-state index contributed by atoms with van der Waals surface area (Å²) in [5.41, 5.74) is 0.676. The number of rotatable bonds is 4. The minimum Gasteiger partial charge on any atom is -0.347 e. The van der Waals surface area contributed by atoms with Crippen LogP contribution in [0.5, 0.6) is 0 Å². The van der Waals surface area contributed by atoms with E-state index >= 15 is 0 Å². The maximum atomic E-state index is 13.3. The molecule has 0 saturated carbocycles. The zero-order chi connectivity index (χ0) is 19.6. The minimum absolute atomic E-state index is 0.0474. The van der Waals surface area contributed by atoms with E-state index in [0.29, 0.717) is 18.7 Å². The lowest BCUT2D eigenvalue weighted by Crippen LogP contribution is -2.51. The van der Waals surface area contributed by atoms with Crippen molar-refractivity contribution >= 4 is 17.8 Å². The zero-order valence-corrected chi connectivity index (χ0v) is 15.7. The van der Waals surface area contributed by atoms with E-state index in [2.05, 4.69) is 5.32 Å². The SMILES string of the molecule is CN(C)C(=O)CN1C(=O)[C@H]2CC[C@@H]1CN(C(=O)NCc1cccc(F)c1)C2. The van der Waals surface area contributed by atoms with Gasteiger partial charge in [-0.2, -0.15) is 0 Å². The third-order valence-corrected chi connectivity index (χ3v) is 5.22. The Balaban J connectivity index is 1.64. The molecular weight excluding hydrogens is 351 g/mol. The summed E-state index contributed by atoms with van der Waals surface area (Å²) in [6, 6.07) is 5.65. The van der Waals surface area contributed by atoms with E-state index in [1.165, 1.54) is 17.0 Å². The van der Waals surface area contributed by atoms with Crippen LogP contribution in [-0.4, -0.2) is 72.3 Å². The van der Waals surface area contributed by atoms with Crippen LogP contribution in [0.2, 0.25) is 0 Å². The van der Waals surface area contributed by atoms with E-state index in [-0.39, 0.29) is 48.7 Å². The maximum absolute atomic E-state index is 13.3. The number of benzene rings is 1. The fourth-order valence-corrected chi connectivity index (χ4v) is 3.64. The van der Waals surface area contributed by atoms with Crippen molar-refractivity contribution in [2.45, 2.75) is 25.4 Å². The van der Waals surface area contributed by atoms with E-state index in [1.807, 2.05) is 0 Å². The van der Waals surface area contributed by atoms with Gasteiger partial charge in [-0.1, -0.05) is 12.1 Å². The van der Waals surface area contributed by atoms with Gasteiger partial charge in [0.25, 0.3) is 0 Å². The predicted octanol–water partition coefficient (Wildman–Crippen LogP) is 1.05. The van der Waals surface area contributed by atoms with Crippen molar-refractivity contribution in [1.82, 2.24) is 20.0 Å². The number of piperidine rings is 1. The van der Waals surface area contributed by atoms with Crippen molar-refractivity contribution in [2.75, 3.05) is 33.7 Å². The summed E-state index contributed by atoms with van der Waals surface area (Å²) in [7, 11) is 3.32. The molecular formula is C19H25FN4O3. The summed E-state index contributed by atoms with van der Waals surface area (Å²) in [6.45, 7) is 1.01. The van der Waals surface area contributed by atoms with Gasteiger partial charge in [0.05, 0.1) is 5.92 Å². The van der Waals surface area contributed by atoms with Crippen molar-refractivity contribution in [3.05, 3.63) is 35.6 Å². The number of carbonyl (C=O) groups excluding carboxylic acids is 3. The second kappa shape index (κ2) is 7.94. The van der Waals surface area contributed by atoms with E-state index in [4.69, 9.17) is 0 Å². The van der Waals surface area contributed by atoms with Gasteiger partial charge in [0.1, 0.15) is 12.4 Å². The maximum Gasteiger partial charge on any atom is 0.317 e. The van der Waals surface area contributed by atoms with Gasteiger partial charge in [0.2, 0.25) is 11.8 Å². The Bertz CT molecular complexity index is 739. The highest BCUT2D eigenvalue weighted by atomic mass is 19.1. The molecule has 7 nitrogen and oxygen atoms in total. The quantitative estimate of drug-likeness (QED) is 0.854. The standard InChI is InChI=1S/C19H25FN4O3/c1-22(2)17(25)12-24-16-7-6-14(18(24)26)10-23(11-16)19(27)21-9-13-4-3-5-15(20)8-13/h3-5,8,14,16H,6-7,9-12H2,1-2H3,(H,21,27)/t14-,16+/m0/s1. The Morgan fingerprint density at radius 3 is 2.74 bits per heavy atom. The number of halogens is 1. The first-order chi connectivity index (χ1) is 12.8. The van der Waals surface area contributed by atoms with Gasteiger partial charge in [0, 0.05) is 39.8 Å². The van der Waals surface area contributed by atoms with E-state index in [0.717, 1.165) is 12.8 Å². The topological polar surface area (TPSA) is 73.0 Å². The second-order valence-electron chi connectivity index (χ2n) is 7.38. The molecule has 0 spiro atoms. The Hall–Kier alpha value is -2.64. The highest BCUT2D eigenvalue weighted by Gasteiger charge is 2.42. The molecule has 3 heterocycles. The number of nitrogens with one attached hydrogen (secondary N) is 1. The van der Waals surface area contributed by atoms with Gasteiger partial charge >= 0.3 is 6.03 Å². The largest absolute Gasteiger partial charge is 0.347 e. The lowest BCUT2D eigenvalue weighted by Gasteiger charge is -2.35. The molecule has 0 radical (unpaired) electrons. The number of hydrogen-bond acceptors (Lipinski definition) is 3. The van der Waals surface area contributed by atoms with Crippen LogP contribution in [0, 0.1) is 11.7 Å². The average molecular weight is 376 g/mol. The number of urea groups is 1. The molecule has 2 bridgehead atoms. The minimum atomic E-state index is -0.346. The van der Waals surface area contributed by atoms with Crippen LogP contribution in [0.25, 0.3) is 0 Å². The Labute approximate surface area is 158 Å². The van der Waals surface area contributed by atoms with Crippen LogP contribution < -0.4 is 5.32 Å². The Morgan fingerprint density at radius 1 is 1.26 bits per heavy atom. The molecule has 27 heavy (non-hydrogen) atoms. The predicted molar refractivity (Wildman–Crippen MR) is 97.1 cm³/mol. The molecule has 8 heteroatoms. The molecule has 2 atom stereocenters. The number of fused-ring (bicyclic) bond motifs is 4. The van der Waals surface area contributed by atoms with Crippen LogP contribution >= 0.6 is 0 Å². The summed E-state index contributed by atoms with van der Waals surface area (Å²) in [4.78, 5) is 42.1. The summed E-state index contributed by atoms with van der Waals surface area (Å²) >= 11 is 0. The lowest BCUT2D eigenvalue weighted by atomic mass is 9.94. The van der Waals surface area contributed by atoms with Crippen molar-refractivity contribution < 1.29 is 18.8 Å². The molecule has 3 fully saturated rings. The lowest BCUT2D eigenvalue weighted by molar-refractivity contribution is -0.145. The molecule has 0 unspecified atom stereocenters. The monoisotopic (exact) mass is 376 g/mol. The van der Waals surface area contributed by atoms with E-state index in [9.17, 15) is 18.8 Å². The van der Waals surface area contributed by atoms with E-state index < -0.39 is 0 Å². The van der Waals surface area contributed by atoms with Gasteiger partial charge < -0.3 is 20.0 Å². The van der Waals surface area contributed by atoms with Crippen molar-refractivity contribution in [1.29, 1.82) is 0 Å². The molecule has 3 aliphatic heterocycles. The molecule has 146 valence electrons. The van der Waals surface area contributed by atoms with Crippen LogP contribution in [0.4, 0.5) is 9.18 Å². The second-order valence-corrected chi connectivity index (χ2v) is 7.38. The molecule has 1 aromatic carbocycles. The van der Waals surface area contributed by atoms with Crippen LogP contribution in [0.3, 0.4) is 0 Å². The molecule has 0 aliphatic carbocycles. The summed E-state index contributed by atoms with van der Waals surface area (Å²) in [6.07, 6.45) is 1.51. The van der Waals surface area contributed by atoms with Gasteiger partial charge in [-0.05, 0) is 30.5 Å². The number of nitrogens with zero attached hydrogens (tertiary/aromatic N) is 3. The first-order valence-electron chi connectivity index (χ1n) is 9.13. The smallest absolute Gasteiger partial charge is 0.317 e. The van der Waals surface area contributed by atoms with Gasteiger partial charge in [-0.25, -0.2) is 9.18 Å². The summed E-state index contributed by atoms with van der Waals surface area (Å²) < 4.78 is 13.3. The fraction of sp³-hybridized carbons (Fsp3) is 0.526. The Morgan fingerprint density at radius 2 is 2.04 bits per heavy atom. The first kappa shape index (κ1) is 19.1. The highest BCUT2D eigenvalue weighted by molar-refractivity contribution is 5.87.